The van der Waals surface area contributed by atoms with Gasteiger partial charge < -0.3 is 10.2 Å². The van der Waals surface area contributed by atoms with Crippen LogP contribution in [0.4, 0.5) is 5.69 Å². The van der Waals surface area contributed by atoms with E-state index in [1.165, 1.54) is 0 Å². The molecule has 23 heavy (non-hydrogen) atoms. The van der Waals surface area contributed by atoms with E-state index in [1.807, 2.05) is 25.1 Å². The SMILES string of the molecule is CCc1cccc(NC(=O)C2=CC=CN3CCS(=O)(=O)N=C23)c1. The molecule has 3 rings (SSSR count). The molecule has 2 heterocycles. The Bertz CT molecular complexity index is 838. The van der Waals surface area contributed by atoms with Gasteiger partial charge in [0.2, 0.25) is 0 Å². The molecule has 0 spiro atoms. The number of benzene rings is 1. The van der Waals surface area contributed by atoms with Crippen LogP contribution in [0.1, 0.15) is 12.5 Å². The van der Waals surface area contributed by atoms with E-state index in [9.17, 15) is 13.2 Å². The second kappa shape index (κ2) is 6.00. The summed E-state index contributed by atoms with van der Waals surface area (Å²) < 4.78 is 27.2. The van der Waals surface area contributed by atoms with Gasteiger partial charge in [0, 0.05) is 18.4 Å². The van der Waals surface area contributed by atoms with E-state index in [1.54, 1.807) is 29.3 Å². The van der Waals surface area contributed by atoms with Gasteiger partial charge in [0.05, 0.1) is 11.3 Å². The van der Waals surface area contributed by atoms with Gasteiger partial charge in [0.1, 0.15) is 0 Å². The van der Waals surface area contributed by atoms with Crippen LogP contribution in [-0.4, -0.2) is 37.4 Å². The number of sulfonamides is 1. The van der Waals surface area contributed by atoms with Crippen LogP contribution in [-0.2, 0) is 21.2 Å². The highest BCUT2D eigenvalue weighted by atomic mass is 32.2. The normalized spacial score (nSPS) is 18.7. The van der Waals surface area contributed by atoms with Crippen LogP contribution in [0.3, 0.4) is 0 Å². The smallest absolute Gasteiger partial charge is 0.259 e. The van der Waals surface area contributed by atoms with Gasteiger partial charge >= 0.3 is 0 Å². The van der Waals surface area contributed by atoms with Gasteiger partial charge in [-0.25, -0.2) is 8.42 Å². The van der Waals surface area contributed by atoms with Crippen LogP contribution in [0.2, 0.25) is 0 Å². The van der Waals surface area contributed by atoms with Crippen LogP contribution >= 0.6 is 0 Å². The number of amides is 1. The molecule has 0 fully saturated rings. The largest absolute Gasteiger partial charge is 0.331 e. The summed E-state index contributed by atoms with van der Waals surface area (Å²) in [5.74, 6) is -0.236. The molecule has 1 aromatic rings. The van der Waals surface area contributed by atoms with E-state index in [4.69, 9.17) is 0 Å². The van der Waals surface area contributed by atoms with E-state index in [0.717, 1.165) is 12.0 Å². The molecule has 0 saturated heterocycles. The average Bonchev–Trinajstić information content (AvgIpc) is 2.53. The molecule has 120 valence electrons. The molecule has 0 atom stereocenters. The van der Waals surface area contributed by atoms with Crippen LogP contribution in [0.15, 0.2) is 52.6 Å². The average molecular weight is 331 g/mol. The summed E-state index contributed by atoms with van der Waals surface area (Å²) >= 11 is 0. The van der Waals surface area contributed by atoms with Crippen molar-refractivity contribution in [1.29, 1.82) is 0 Å². The molecule has 2 aliphatic rings. The first-order valence-corrected chi connectivity index (χ1v) is 8.98. The van der Waals surface area contributed by atoms with E-state index in [-0.39, 0.29) is 23.1 Å². The topological polar surface area (TPSA) is 78.8 Å². The molecule has 1 aromatic carbocycles. The third-order valence-corrected chi connectivity index (χ3v) is 4.84. The van der Waals surface area contributed by atoms with Crippen molar-refractivity contribution in [1.82, 2.24) is 4.90 Å². The van der Waals surface area contributed by atoms with Gasteiger partial charge in [-0.1, -0.05) is 19.1 Å². The molecule has 0 saturated carbocycles. The molecule has 0 aliphatic carbocycles. The molecule has 0 aromatic heterocycles. The Kier molecular flexibility index (Phi) is 4.04. The van der Waals surface area contributed by atoms with Crippen molar-refractivity contribution in [2.45, 2.75) is 13.3 Å². The van der Waals surface area contributed by atoms with Crippen molar-refractivity contribution < 1.29 is 13.2 Å². The van der Waals surface area contributed by atoms with Gasteiger partial charge in [-0.05, 0) is 36.3 Å². The highest BCUT2D eigenvalue weighted by Gasteiger charge is 2.29. The zero-order chi connectivity index (χ0) is 16.4. The summed E-state index contributed by atoms with van der Waals surface area (Å²) in [7, 11) is -3.51. The number of carbonyl (C=O) groups is 1. The molecule has 0 radical (unpaired) electrons. The quantitative estimate of drug-likeness (QED) is 0.914. The highest BCUT2D eigenvalue weighted by molar-refractivity contribution is 7.90. The lowest BCUT2D eigenvalue weighted by molar-refractivity contribution is -0.112. The molecule has 0 unspecified atom stereocenters. The lowest BCUT2D eigenvalue weighted by Crippen LogP contribution is -2.40. The lowest BCUT2D eigenvalue weighted by Gasteiger charge is -2.28. The van der Waals surface area contributed by atoms with Gasteiger partial charge in [0.25, 0.3) is 15.9 Å². The molecule has 0 bridgehead atoms. The second-order valence-electron chi connectivity index (χ2n) is 5.32. The van der Waals surface area contributed by atoms with Gasteiger partial charge in [-0.15, -0.1) is 4.40 Å². The molecule has 6 nitrogen and oxygen atoms in total. The van der Waals surface area contributed by atoms with Crippen molar-refractivity contribution >= 4 is 27.5 Å². The monoisotopic (exact) mass is 331 g/mol. The molecule has 1 amide bonds. The van der Waals surface area contributed by atoms with Crippen molar-refractivity contribution in [3.05, 3.63) is 53.8 Å². The van der Waals surface area contributed by atoms with Crippen molar-refractivity contribution in [3.8, 4) is 0 Å². The van der Waals surface area contributed by atoms with Crippen LogP contribution < -0.4 is 5.32 Å². The number of hydrogen-bond acceptors (Lipinski definition) is 4. The summed E-state index contributed by atoms with van der Waals surface area (Å²) in [5.41, 5.74) is 2.04. The number of allylic oxidation sites excluding steroid dienone is 2. The molecular weight excluding hydrogens is 314 g/mol. The number of nitrogens with zero attached hydrogens (tertiary/aromatic N) is 2. The van der Waals surface area contributed by atoms with Crippen molar-refractivity contribution in [2.75, 3.05) is 17.6 Å². The fourth-order valence-electron chi connectivity index (χ4n) is 2.46. The van der Waals surface area contributed by atoms with Gasteiger partial charge in [-0.3, -0.25) is 4.79 Å². The Hall–Kier alpha value is -2.41. The third-order valence-electron chi connectivity index (χ3n) is 3.70. The number of hydrogen-bond donors (Lipinski definition) is 1. The summed E-state index contributed by atoms with van der Waals surface area (Å²) in [5, 5.41) is 2.80. The lowest BCUT2D eigenvalue weighted by atomic mass is 10.1. The van der Waals surface area contributed by atoms with Gasteiger partial charge in [-0.2, -0.15) is 0 Å². The van der Waals surface area contributed by atoms with E-state index in [0.29, 0.717) is 12.2 Å². The first-order chi connectivity index (χ1) is 11.0. The Morgan fingerprint density at radius 1 is 1.39 bits per heavy atom. The summed E-state index contributed by atoms with van der Waals surface area (Å²) in [6.07, 6.45) is 5.89. The molecule has 1 N–H and O–H groups in total. The number of aryl methyl sites for hydroxylation is 1. The zero-order valence-electron chi connectivity index (χ0n) is 12.7. The minimum absolute atomic E-state index is 0.0473. The maximum Gasteiger partial charge on any atom is 0.259 e. The number of nitrogens with one attached hydrogen (secondary N) is 1. The standard InChI is InChI=1S/C16H17N3O3S/c1-2-12-5-3-6-13(11-12)17-16(20)14-7-4-8-19-9-10-23(21,22)18-15(14)19/h3-8,11H,2,9-10H2,1H3,(H,17,20). The Morgan fingerprint density at radius 3 is 3.00 bits per heavy atom. The first-order valence-electron chi connectivity index (χ1n) is 7.37. The molecule has 2 aliphatic heterocycles. The number of anilines is 1. The van der Waals surface area contributed by atoms with Crippen LogP contribution in [0.25, 0.3) is 0 Å². The van der Waals surface area contributed by atoms with Gasteiger partial charge in [0.15, 0.2) is 5.84 Å². The van der Waals surface area contributed by atoms with Crippen LogP contribution in [0, 0.1) is 0 Å². The minimum atomic E-state index is -3.51. The Balaban J connectivity index is 1.87. The number of carbonyl (C=O) groups excluding carboxylic acids is 1. The second-order valence-corrected chi connectivity index (χ2v) is 7.08. The predicted molar refractivity (Wildman–Crippen MR) is 89.6 cm³/mol. The van der Waals surface area contributed by atoms with Crippen molar-refractivity contribution in [3.63, 3.8) is 0 Å². The first kappa shape index (κ1) is 15.5. The predicted octanol–water partition coefficient (Wildman–Crippen LogP) is 1.69. The maximum absolute atomic E-state index is 12.5. The molecule has 7 heteroatoms. The third kappa shape index (κ3) is 3.34. The fraction of sp³-hybridized carbons (Fsp3) is 0.250. The van der Waals surface area contributed by atoms with Crippen molar-refractivity contribution in [2.24, 2.45) is 4.40 Å². The molecular formula is C16H17N3O3S. The van der Waals surface area contributed by atoms with E-state index in [2.05, 4.69) is 9.71 Å². The van der Waals surface area contributed by atoms with E-state index >= 15 is 0 Å². The van der Waals surface area contributed by atoms with E-state index < -0.39 is 10.0 Å². The number of amidine groups is 1. The summed E-state index contributed by atoms with van der Waals surface area (Å²) in [6, 6.07) is 7.55. The summed E-state index contributed by atoms with van der Waals surface area (Å²) in [6.45, 7) is 2.34. The highest BCUT2D eigenvalue weighted by Crippen LogP contribution is 2.19. The number of fused-ring (bicyclic) bond motifs is 1. The fourth-order valence-corrected chi connectivity index (χ4v) is 3.45. The number of rotatable bonds is 3. The maximum atomic E-state index is 12.5. The minimum Gasteiger partial charge on any atom is -0.331 e. The Morgan fingerprint density at radius 2 is 2.22 bits per heavy atom. The Labute approximate surface area is 135 Å². The van der Waals surface area contributed by atoms with Crippen LogP contribution in [0.5, 0.6) is 0 Å². The zero-order valence-corrected chi connectivity index (χ0v) is 13.5. The summed E-state index contributed by atoms with van der Waals surface area (Å²) in [4.78, 5) is 14.2.